The van der Waals surface area contributed by atoms with Gasteiger partial charge in [-0.3, -0.25) is 9.59 Å². The molecule has 2 aromatic heterocycles. The van der Waals surface area contributed by atoms with E-state index < -0.39 is 10.0 Å². The molecule has 10 nitrogen and oxygen atoms in total. The van der Waals surface area contributed by atoms with Crippen molar-refractivity contribution in [2.24, 2.45) is 5.41 Å². The number of rotatable bonds is 4. The summed E-state index contributed by atoms with van der Waals surface area (Å²) >= 11 is 0.982. The van der Waals surface area contributed by atoms with Gasteiger partial charge in [0.05, 0.1) is 11.4 Å². The standard InChI is InChI=1S/C20H27N5O5S2/c1-12-16(14(3)30-23-12)17(27)24-8-5-20(6-9-24)7-10-25(11-20)32(28,29)18-13(2)21-19(31-18)22-15(4)26/h5-11H2,1-4H3,(H,21,22,26). The molecule has 0 atom stereocenters. The van der Waals surface area contributed by atoms with E-state index in [2.05, 4.69) is 15.5 Å². The molecular formula is C20H27N5O5S2. The number of piperidine rings is 1. The molecule has 12 heteroatoms. The lowest BCUT2D eigenvalue weighted by Crippen LogP contribution is -2.44. The van der Waals surface area contributed by atoms with E-state index >= 15 is 0 Å². The Morgan fingerprint density at radius 1 is 1.09 bits per heavy atom. The van der Waals surface area contributed by atoms with Gasteiger partial charge in [0.25, 0.3) is 15.9 Å². The number of likely N-dealkylation sites (tertiary alicyclic amines) is 1. The van der Waals surface area contributed by atoms with Gasteiger partial charge in [-0.1, -0.05) is 16.5 Å². The van der Waals surface area contributed by atoms with E-state index in [9.17, 15) is 18.0 Å². The van der Waals surface area contributed by atoms with Gasteiger partial charge in [-0.15, -0.1) is 0 Å². The van der Waals surface area contributed by atoms with Crippen LogP contribution in [0.3, 0.4) is 0 Å². The number of hydrogen-bond acceptors (Lipinski definition) is 8. The predicted octanol–water partition coefficient (Wildman–Crippen LogP) is 2.33. The van der Waals surface area contributed by atoms with E-state index in [1.807, 2.05) is 4.90 Å². The molecule has 174 valence electrons. The number of hydrogen-bond donors (Lipinski definition) is 1. The van der Waals surface area contributed by atoms with E-state index in [0.717, 1.165) is 30.6 Å². The molecule has 0 bridgehead atoms. The highest BCUT2D eigenvalue weighted by atomic mass is 32.2. The molecule has 0 saturated carbocycles. The van der Waals surface area contributed by atoms with Crippen molar-refractivity contribution in [3.05, 3.63) is 22.7 Å². The molecule has 2 aromatic rings. The van der Waals surface area contributed by atoms with Crippen LogP contribution in [-0.4, -0.2) is 65.8 Å². The van der Waals surface area contributed by atoms with Gasteiger partial charge in [-0.05, 0) is 45.4 Å². The molecule has 1 N–H and O–H groups in total. The zero-order chi connectivity index (χ0) is 23.3. The lowest BCUT2D eigenvalue weighted by molar-refractivity contribution is -0.114. The summed E-state index contributed by atoms with van der Waals surface area (Å²) in [7, 11) is -3.70. The van der Waals surface area contributed by atoms with Crippen molar-refractivity contribution < 1.29 is 22.5 Å². The molecule has 2 aliphatic heterocycles. The summed E-state index contributed by atoms with van der Waals surface area (Å²) in [6.07, 6.45) is 2.25. The van der Waals surface area contributed by atoms with Crippen LogP contribution in [0.5, 0.6) is 0 Å². The van der Waals surface area contributed by atoms with Crippen molar-refractivity contribution in [2.45, 2.75) is 51.2 Å². The van der Waals surface area contributed by atoms with Gasteiger partial charge in [-0.2, -0.15) is 4.31 Å². The quantitative estimate of drug-likeness (QED) is 0.710. The second-order valence-electron chi connectivity index (χ2n) is 8.65. The summed E-state index contributed by atoms with van der Waals surface area (Å²) in [4.78, 5) is 30.2. The molecule has 1 spiro atoms. The molecule has 4 rings (SSSR count). The third-order valence-electron chi connectivity index (χ3n) is 6.37. The van der Waals surface area contributed by atoms with Crippen LogP contribution in [0.1, 0.15) is 53.7 Å². The van der Waals surface area contributed by atoms with Gasteiger partial charge in [-0.25, -0.2) is 13.4 Å². The second-order valence-corrected chi connectivity index (χ2v) is 11.8. The highest BCUT2D eigenvalue weighted by Crippen LogP contribution is 2.43. The number of nitrogens with one attached hydrogen (secondary N) is 1. The van der Waals surface area contributed by atoms with E-state index in [4.69, 9.17) is 4.52 Å². The maximum absolute atomic E-state index is 13.3. The summed E-state index contributed by atoms with van der Waals surface area (Å²) in [5.41, 5.74) is 1.36. The Morgan fingerprint density at radius 3 is 2.34 bits per heavy atom. The fourth-order valence-electron chi connectivity index (χ4n) is 4.58. The highest BCUT2D eigenvalue weighted by molar-refractivity contribution is 7.91. The number of aryl methyl sites for hydroxylation is 3. The smallest absolute Gasteiger partial charge is 0.259 e. The minimum Gasteiger partial charge on any atom is -0.361 e. The molecule has 0 aromatic carbocycles. The Balaban J connectivity index is 1.44. The van der Waals surface area contributed by atoms with Gasteiger partial charge >= 0.3 is 0 Å². The monoisotopic (exact) mass is 481 g/mol. The second kappa shape index (κ2) is 8.23. The molecule has 2 amide bonds. The third-order valence-corrected chi connectivity index (χ3v) is 9.88. The molecule has 2 saturated heterocycles. The van der Waals surface area contributed by atoms with E-state index in [1.54, 1.807) is 20.8 Å². The first-order valence-corrected chi connectivity index (χ1v) is 12.8. The maximum Gasteiger partial charge on any atom is 0.259 e. The van der Waals surface area contributed by atoms with E-state index in [-0.39, 0.29) is 26.6 Å². The number of thiazole rings is 1. The largest absolute Gasteiger partial charge is 0.361 e. The summed E-state index contributed by atoms with van der Waals surface area (Å²) in [5.74, 6) is 0.148. The van der Waals surface area contributed by atoms with E-state index in [1.165, 1.54) is 11.2 Å². The molecule has 0 unspecified atom stereocenters. The lowest BCUT2D eigenvalue weighted by Gasteiger charge is -2.39. The molecule has 4 heterocycles. The molecular weight excluding hydrogens is 454 g/mol. The van der Waals surface area contributed by atoms with Crippen LogP contribution in [0.15, 0.2) is 8.73 Å². The first kappa shape index (κ1) is 22.9. The molecule has 0 radical (unpaired) electrons. The Bertz CT molecular complexity index is 1140. The maximum atomic E-state index is 13.3. The normalized spacial score (nSPS) is 18.9. The molecule has 2 aliphatic rings. The number of carbonyl (C=O) groups excluding carboxylic acids is 2. The fourth-order valence-corrected chi connectivity index (χ4v) is 7.73. The zero-order valence-corrected chi connectivity index (χ0v) is 20.2. The van der Waals surface area contributed by atoms with Crippen molar-refractivity contribution in [3.8, 4) is 0 Å². The van der Waals surface area contributed by atoms with Crippen LogP contribution in [0.2, 0.25) is 0 Å². The minimum atomic E-state index is -3.70. The number of aromatic nitrogens is 2. The van der Waals surface area contributed by atoms with Gasteiger partial charge in [0, 0.05) is 33.1 Å². The average molecular weight is 482 g/mol. The highest BCUT2D eigenvalue weighted by Gasteiger charge is 2.46. The van der Waals surface area contributed by atoms with Crippen LogP contribution < -0.4 is 5.32 Å². The first-order valence-electron chi connectivity index (χ1n) is 10.5. The van der Waals surface area contributed by atoms with Gasteiger partial charge in [0.2, 0.25) is 5.91 Å². The van der Waals surface area contributed by atoms with Gasteiger partial charge < -0.3 is 14.7 Å². The summed E-state index contributed by atoms with van der Waals surface area (Å²) in [5, 5.41) is 6.71. The lowest BCUT2D eigenvalue weighted by atomic mass is 9.78. The summed E-state index contributed by atoms with van der Waals surface area (Å²) in [6, 6.07) is 0. The zero-order valence-electron chi connectivity index (χ0n) is 18.6. The summed E-state index contributed by atoms with van der Waals surface area (Å²) < 4.78 is 33.4. The summed E-state index contributed by atoms with van der Waals surface area (Å²) in [6.45, 7) is 8.50. The van der Waals surface area contributed by atoms with Crippen molar-refractivity contribution in [2.75, 3.05) is 31.5 Å². The van der Waals surface area contributed by atoms with Crippen LogP contribution in [0.4, 0.5) is 5.13 Å². The topological polar surface area (TPSA) is 126 Å². The van der Waals surface area contributed by atoms with Crippen LogP contribution in [0, 0.1) is 26.2 Å². The Morgan fingerprint density at radius 2 is 1.75 bits per heavy atom. The van der Waals surface area contributed by atoms with Gasteiger partial charge in [0.15, 0.2) is 9.34 Å². The van der Waals surface area contributed by atoms with Crippen molar-refractivity contribution in [1.82, 2.24) is 19.3 Å². The van der Waals surface area contributed by atoms with Crippen LogP contribution in [0.25, 0.3) is 0 Å². The number of sulfonamides is 1. The Labute approximate surface area is 191 Å². The SMILES string of the molecule is CC(=O)Nc1nc(C)c(S(=O)(=O)N2CCC3(CCN(C(=O)c4c(C)noc4C)CC3)C2)s1. The number of amides is 2. The Hall–Kier alpha value is -2.31. The average Bonchev–Trinajstić information content (AvgIpc) is 3.40. The molecule has 32 heavy (non-hydrogen) atoms. The van der Waals surface area contributed by atoms with Crippen LogP contribution >= 0.6 is 11.3 Å². The predicted molar refractivity (Wildman–Crippen MR) is 118 cm³/mol. The Kier molecular flexibility index (Phi) is 5.88. The van der Waals surface area contributed by atoms with Crippen LogP contribution in [-0.2, 0) is 14.8 Å². The molecule has 2 fully saturated rings. The third kappa shape index (κ3) is 4.06. The van der Waals surface area contributed by atoms with Crippen molar-refractivity contribution in [3.63, 3.8) is 0 Å². The van der Waals surface area contributed by atoms with E-state index in [0.29, 0.717) is 48.9 Å². The van der Waals surface area contributed by atoms with Crippen molar-refractivity contribution in [1.29, 1.82) is 0 Å². The molecule has 0 aliphatic carbocycles. The van der Waals surface area contributed by atoms with Gasteiger partial charge in [0.1, 0.15) is 11.3 Å². The fraction of sp³-hybridized carbons (Fsp3) is 0.600. The number of anilines is 1. The van der Waals surface area contributed by atoms with Crippen molar-refractivity contribution >= 4 is 38.3 Å². The minimum absolute atomic E-state index is 0.0793. The number of carbonyl (C=O) groups is 2. The first-order chi connectivity index (χ1) is 15.0. The number of nitrogens with zero attached hydrogens (tertiary/aromatic N) is 4.